The van der Waals surface area contributed by atoms with Crippen molar-refractivity contribution in [2.24, 2.45) is 0 Å². The van der Waals surface area contributed by atoms with Crippen LogP contribution in [-0.4, -0.2) is 60.9 Å². The Hall–Kier alpha value is 0.588. The highest BCUT2D eigenvalue weighted by molar-refractivity contribution is 6.84. The summed E-state index contributed by atoms with van der Waals surface area (Å²) in [5, 5.41) is 0. The summed E-state index contributed by atoms with van der Waals surface area (Å²) in [6.45, 7) is 11.1. The highest BCUT2D eigenvalue weighted by Gasteiger charge is 2.52. The SMILES string of the molecule is CO[Si](C)(O)O[Si](C)(OC)O[Si](C)(OC)O[Si](C)(C)C. The Kier molecular flexibility index (Phi) is 7.45. The first kappa shape index (κ1) is 20.6. The van der Waals surface area contributed by atoms with Crippen LogP contribution >= 0.6 is 0 Å². The summed E-state index contributed by atoms with van der Waals surface area (Å²) in [6, 6.07) is 0. The quantitative estimate of drug-likeness (QED) is 0.625. The smallest absolute Gasteiger partial charge is 0.416 e. The molecule has 0 radical (unpaired) electrons. The van der Waals surface area contributed by atoms with E-state index in [0.717, 1.165) is 0 Å². The van der Waals surface area contributed by atoms with Crippen LogP contribution in [0.25, 0.3) is 0 Å². The molecule has 0 aromatic heterocycles. The van der Waals surface area contributed by atoms with E-state index >= 15 is 0 Å². The van der Waals surface area contributed by atoms with Gasteiger partial charge in [-0.1, -0.05) is 0 Å². The summed E-state index contributed by atoms with van der Waals surface area (Å²) < 4.78 is 33.4. The molecule has 0 saturated heterocycles. The Labute approximate surface area is 126 Å². The molecular formula is C9H28O7Si4. The lowest BCUT2D eigenvalue weighted by Crippen LogP contribution is -2.61. The van der Waals surface area contributed by atoms with Gasteiger partial charge in [0, 0.05) is 41.0 Å². The lowest BCUT2D eigenvalue weighted by molar-refractivity contribution is 0.101. The van der Waals surface area contributed by atoms with Crippen LogP contribution in [0.5, 0.6) is 0 Å². The molecule has 3 unspecified atom stereocenters. The maximum absolute atomic E-state index is 10.0. The second-order valence-electron chi connectivity index (χ2n) is 5.65. The van der Waals surface area contributed by atoms with Gasteiger partial charge in [-0.2, -0.15) is 0 Å². The highest BCUT2D eigenvalue weighted by Crippen LogP contribution is 2.24. The summed E-state index contributed by atoms with van der Waals surface area (Å²) in [4.78, 5) is 10.0. The number of rotatable bonds is 9. The molecular weight excluding hydrogens is 332 g/mol. The molecule has 0 aromatic rings. The third kappa shape index (κ3) is 7.55. The van der Waals surface area contributed by atoms with Crippen molar-refractivity contribution in [1.29, 1.82) is 0 Å². The Morgan fingerprint density at radius 3 is 1.30 bits per heavy atom. The Bertz CT molecular complexity index is 311. The molecule has 0 aliphatic carbocycles. The van der Waals surface area contributed by atoms with Crippen LogP contribution in [0.1, 0.15) is 0 Å². The molecule has 0 bridgehead atoms. The monoisotopic (exact) mass is 360 g/mol. The minimum absolute atomic E-state index is 1.39. The van der Waals surface area contributed by atoms with E-state index in [-0.39, 0.29) is 0 Å². The molecule has 11 heteroatoms. The third-order valence-corrected chi connectivity index (χ3v) is 14.5. The normalized spacial score (nSPS) is 21.9. The maximum atomic E-state index is 10.0. The number of hydrogen-bond acceptors (Lipinski definition) is 7. The molecule has 0 fully saturated rings. The highest BCUT2D eigenvalue weighted by atomic mass is 28.5. The van der Waals surface area contributed by atoms with Gasteiger partial charge in [0.2, 0.25) is 0 Å². The van der Waals surface area contributed by atoms with E-state index in [4.69, 9.17) is 25.6 Å². The fraction of sp³-hybridized carbons (Fsp3) is 1.00. The molecule has 7 nitrogen and oxygen atoms in total. The number of hydrogen-bond donors (Lipinski definition) is 1. The molecule has 3 atom stereocenters. The summed E-state index contributed by atoms with van der Waals surface area (Å²) in [6.07, 6.45) is 0. The zero-order chi connectivity index (χ0) is 16.2. The van der Waals surface area contributed by atoms with Gasteiger partial charge < -0.3 is 30.4 Å². The second kappa shape index (κ2) is 7.23. The summed E-state index contributed by atoms with van der Waals surface area (Å²) in [5.74, 6) is 0. The lowest BCUT2D eigenvalue weighted by atomic mass is 11.8. The van der Waals surface area contributed by atoms with Gasteiger partial charge in [0.25, 0.3) is 0 Å². The zero-order valence-corrected chi connectivity index (χ0v) is 17.9. The van der Waals surface area contributed by atoms with Crippen molar-refractivity contribution in [1.82, 2.24) is 0 Å². The van der Waals surface area contributed by atoms with Crippen molar-refractivity contribution < 1.29 is 30.4 Å². The maximum Gasteiger partial charge on any atom is 0.487 e. The van der Waals surface area contributed by atoms with E-state index < -0.39 is 34.7 Å². The molecule has 122 valence electrons. The molecule has 0 saturated carbocycles. The molecule has 0 aliphatic heterocycles. The molecule has 0 aliphatic rings. The zero-order valence-electron chi connectivity index (χ0n) is 13.9. The van der Waals surface area contributed by atoms with Crippen LogP contribution in [0.15, 0.2) is 0 Å². The van der Waals surface area contributed by atoms with Crippen molar-refractivity contribution in [3.05, 3.63) is 0 Å². The molecule has 0 spiro atoms. The Morgan fingerprint density at radius 1 is 0.600 bits per heavy atom. The van der Waals surface area contributed by atoms with Gasteiger partial charge in [0.1, 0.15) is 0 Å². The minimum atomic E-state index is -3.27. The van der Waals surface area contributed by atoms with Crippen molar-refractivity contribution in [2.45, 2.75) is 39.3 Å². The first-order chi connectivity index (χ1) is 8.80. The lowest BCUT2D eigenvalue weighted by Gasteiger charge is -2.38. The van der Waals surface area contributed by atoms with Crippen LogP contribution in [0.2, 0.25) is 39.3 Å². The van der Waals surface area contributed by atoms with Crippen LogP contribution in [0.3, 0.4) is 0 Å². The molecule has 20 heavy (non-hydrogen) atoms. The average Bonchev–Trinajstić information content (AvgIpc) is 2.25. The molecule has 0 rings (SSSR count). The predicted octanol–water partition coefficient (Wildman–Crippen LogP) is 1.51. The van der Waals surface area contributed by atoms with Crippen LogP contribution < -0.4 is 0 Å². The summed E-state index contributed by atoms with van der Waals surface area (Å²) in [5.41, 5.74) is 0. The van der Waals surface area contributed by atoms with E-state index in [2.05, 4.69) is 0 Å². The van der Waals surface area contributed by atoms with Crippen LogP contribution in [0, 0.1) is 0 Å². The Morgan fingerprint density at radius 2 is 1.00 bits per heavy atom. The van der Waals surface area contributed by atoms with Gasteiger partial charge in [0.05, 0.1) is 0 Å². The van der Waals surface area contributed by atoms with E-state index in [9.17, 15) is 4.80 Å². The van der Waals surface area contributed by atoms with Crippen LogP contribution in [0.4, 0.5) is 0 Å². The van der Waals surface area contributed by atoms with Crippen LogP contribution in [-0.2, 0) is 25.6 Å². The predicted molar refractivity (Wildman–Crippen MR) is 84.7 cm³/mol. The van der Waals surface area contributed by atoms with Gasteiger partial charge in [0.15, 0.2) is 8.32 Å². The summed E-state index contributed by atoms with van der Waals surface area (Å²) in [7, 11) is -6.72. The first-order valence-corrected chi connectivity index (χ1v) is 16.4. The van der Waals surface area contributed by atoms with E-state index in [0.29, 0.717) is 0 Å². The first-order valence-electron chi connectivity index (χ1n) is 6.29. The standard InChI is InChI=1S/C9H28O7Si4/c1-11-18(7,10)15-20(9,13-3)16-19(8,12-2)14-17(4,5)6/h10H,1-9H3. The minimum Gasteiger partial charge on any atom is -0.416 e. The van der Waals surface area contributed by atoms with Gasteiger partial charge in [-0.05, 0) is 19.6 Å². The third-order valence-electron chi connectivity index (χ3n) is 2.36. The average molecular weight is 361 g/mol. The van der Waals surface area contributed by atoms with Crippen molar-refractivity contribution in [2.75, 3.05) is 21.3 Å². The van der Waals surface area contributed by atoms with E-state index in [1.807, 2.05) is 19.6 Å². The summed E-state index contributed by atoms with van der Waals surface area (Å²) >= 11 is 0. The molecule has 0 aromatic carbocycles. The van der Waals surface area contributed by atoms with Crippen molar-refractivity contribution >= 4 is 34.7 Å². The van der Waals surface area contributed by atoms with Gasteiger partial charge in [-0.15, -0.1) is 0 Å². The topological polar surface area (TPSA) is 75.6 Å². The van der Waals surface area contributed by atoms with E-state index in [1.54, 1.807) is 20.2 Å². The fourth-order valence-electron chi connectivity index (χ4n) is 1.49. The van der Waals surface area contributed by atoms with Gasteiger partial charge in [-0.3, -0.25) is 0 Å². The molecule has 0 heterocycles. The second-order valence-corrected chi connectivity index (χ2v) is 18.8. The van der Waals surface area contributed by atoms with Crippen molar-refractivity contribution in [3.63, 3.8) is 0 Å². The largest absolute Gasteiger partial charge is 0.487 e. The van der Waals surface area contributed by atoms with Gasteiger partial charge >= 0.3 is 26.4 Å². The van der Waals surface area contributed by atoms with Crippen molar-refractivity contribution in [3.8, 4) is 0 Å². The molecule has 1 N–H and O–H groups in total. The fourth-order valence-corrected chi connectivity index (χ4v) is 14.1. The van der Waals surface area contributed by atoms with E-state index in [1.165, 1.54) is 20.8 Å². The molecule has 0 amide bonds. The Balaban J connectivity index is 5.07. The van der Waals surface area contributed by atoms with Gasteiger partial charge in [-0.25, -0.2) is 0 Å².